The molecule has 0 heterocycles. The van der Waals surface area contributed by atoms with E-state index in [1.807, 2.05) is 0 Å². The summed E-state index contributed by atoms with van der Waals surface area (Å²) in [6, 6.07) is 0. The molecule has 0 spiro atoms. The Labute approximate surface area is 121 Å². The monoisotopic (exact) mass is 261 g/mol. The van der Waals surface area contributed by atoms with Crippen molar-refractivity contribution in [1.29, 1.82) is 0 Å². The first-order valence-electron chi connectivity index (χ1n) is 5.71. The average Bonchev–Trinajstić information content (AvgIpc) is 2.14. The summed E-state index contributed by atoms with van der Waals surface area (Å²) >= 11 is 0. The van der Waals surface area contributed by atoms with Crippen LogP contribution in [0.5, 0.6) is 0 Å². The Morgan fingerprint density at radius 1 is 0.812 bits per heavy atom. The van der Waals surface area contributed by atoms with Gasteiger partial charge in [-0.3, -0.25) is 4.55 Å². The third-order valence-electron chi connectivity index (χ3n) is 2.36. The van der Waals surface area contributed by atoms with Gasteiger partial charge in [0.25, 0.3) is 10.1 Å². The first-order chi connectivity index (χ1) is 7.06. The van der Waals surface area contributed by atoms with E-state index in [1.54, 1.807) is 0 Å². The van der Waals surface area contributed by atoms with Gasteiger partial charge in [0.05, 0.1) is 5.75 Å². The fourth-order valence-corrected chi connectivity index (χ4v) is 2.06. The molecule has 0 amide bonds. The van der Waals surface area contributed by atoms with Crippen LogP contribution in [0.4, 0.5) is 0 Å². The van der Waals surface area contributed by atoms with E-state index >= 15 is 0 Å². The van der Waals surface area contributed by atoms with E-state index in [0.717, 1.165) is 32.2 Å². The first kappa shape index (κ1) is 19.2. The summed E-state index contributed by atoms with van der Waals surface area (Å²) in [5.74, 6) is -0.0971. The predicted octanol–water partition coefficient (Wildman–Crippen LogP) is 1.31. The van der Waals surface area contributed by atoms with Crippen LogP contribution in [0, 0.1) is 0 Å². The van der Waals surface area contributed by atoms with Crippen LogP contribution in [0.2, 0.25) is 0 Å². The van der Waals surface area contributed by atoms with E-state index in [4.69, 9.17) is 10.3 Å². The Hall–Kier alpha value is 0.870. The molecule has 0 saturated carbocycles. The zero-order valence-corrected chi connectivity index (χ0v) is 10.1. The van der Waals surface area contributed by atoms with E-state index in [1.165, 1.54) is 19.3 Å². The van der Waals surface area contributed by atoms with Crippen molar-refractivity contribution in [2.45, 2.75) is 51.4 Å². The molecule has 0 bridgehead atoms. The average molecular weight is 261 g/mol. The predicted molar refractivity (Wildman–Crippen MR) is 69.6 cm³/mol. The van der Waals surface area contributed by atoms with Gasteiger partial charge in [-0.15, -0.1) is 0 Å². The van der Waals surface area contributed by atoms with Crippen LogP contribution in [0.1, 0.15) is 51.4 Å². The van der Waals surface area contributed by atoms with Crippen LogP contribution in [0.15, 0.2) is 0 Å². The molecule has 16 heavy (non-hydrogen) atoms. The van der Waals surface area contributed by atoms with Gasteiger partial charge in [0, 0.05) is 0 Å². The first-order valence-corrected chi connectivity index (χ1v) is 7.32. The summed E-state index contributed by atoms with van der Waals surface area (Å²) in [6.45, 7) is 0.772. The molecule has 0 aliphatic carbocycles. The fraction of sp³-hybridized carbons (Fsp3) is 1.00. The Balaban J connectivity index is 0. The van der Waals surface area contributed by atoms with Crippen LogP contribution in [-0.4, -0.2) is 54.8 Å². The molecule has 0 rings (SSSR count). The van der Waals surface area contributed by atoms with Gasteiger partial charge < -0.3 is 5.73 Å². The van der Waals surface area contributed by atoms with Gasteiger partial charge in [-0.2, -0.15) is 8.42 Å². The quantitative estimate of drug-likeness (QED) is 0.353. The van der Waals surface area contributed by atoms with Crippen molar-refractivity contribution in [3.05, 3.63) is 0 Å². The van der Waals surface area contributed by atoms with Crippen LogP contribution in [0.3, 0.4) is 0 Å². The van der Waals surface area contributed by atoms with E-state index in [-0.39, 0.29) is 35.3 Å². The zero-order chi connectivity index (χ0) is 11.6. The van der Waals surface area contributed by atoms with Crippen molar-refractivity contribution in [2.24, 2.45) is 5.73 Å². The number of rotatable bonds is 10. The molecule has 0 unspecified atom stereocenters. The van der Waals surface area contributed by atoms with Crippen LogP contribution < -0.4 is 5.73 Å². The summed E-state index contributed by atoms with van der Waals surface area (Å²) < 4.78 is 29.2. The van der Waals surface area contributed by atoms with Gasteiger partial charge in [-0.05, 0) is 19.4 Å². The number of hydrogen-bond donors (Lipinski definition) is 2. The zero-order valence-electron chi connectivity index (χ0n) is 9.32. The van der Waals surface area contributed by atoms with E-state index in [0.29, 0.717) is 6.42 Å². The number of unbranched alkanes of at least 4 members (excludes halogenated alkanes) is 7. The van der Waals surface area contributed by atoms with E-state index in [2.05, 4.69) is 0 Å². The summed E-state index contributed by atoms with van der Waals surface area (Å²) in [6.07, 6.45) is 8.37. The maximum absolute atomic E-state index is 10.4. The molecule has 94 valence electrons. The Kier molecular flexibility index (Phi) is 14.8. The molecule has 0 aromatic heterocycles. The van der Waals surface area contributed by atoms with Crippen molar-refractivity contribution in [2.75, 3.05) is 12.3 Å². The fourth-order valence-electron chi connectivity index (χ4n) is 1.49. The standard InChI is InChI=1S/C10H23NO3S.Na.H/c11-9-7-5-3-1-2-4-6-8-10-15(12,13)14;;/h1-11H2,(H,12,13,14);;. The van der Waals surface area contributed by atoms with Gasteiger partial charge in [0.1, 0.15) is 0 Å². The normalized spacial score (nSPS) is 11.1. The van der Waals surface area contributed by atoms with Crippen molar-refractivity contribution in [3.63, 3.8) is 0 Å². The van der Waals surface area contributed by atoms with Gasteiger partial charge in [-0.25, -0.2) is 0 Å². The van der Waals surface area contributed by atoms with Crippen molar-refractivity contribution < 1.29 is 13.0 Å². The SMILES string of the molecule is NCCCCCCCCCCS(=O)(=O)O.[NaH]. The third kappa shape index (κ3) is 17.3. The molecule has 0 aliphatic rings. The third-order valence-corrected chi connectivity index (χ3v) is 3.16. The van der Waals surface area contributed by atoms with Gasteiger partial charge in [0.2, 0.25) is 0 Å². The summed E-state index contributed by atoms with van der Waals surface area (Å²) in [5, 5.41) is 0. The Bertz CT molecular complexity index is 232. The number of nitrogens with two attached hydrogens (primary N) is 1. The molecule has 4 nitrogen and oxygen atoms in total. The topological polar surface area (TPSA) is 80.4 Å². The molecule has 0 radical (unpaired) electrons. The molecule has 3 N–H and O–H groups in total. The molecule has 6 heteroatoms. The second kappa shape index (κ2) is 12.3. The van der Waals surface area contributed by atoms with Crippen molar-refractivity contribution in [3.8, 4) is 0 Å². The molecule has 0 aromatic carbocycles. The van der Waals surface area contributed by atoms with Gasteiger partial charge in [-0.1, -0.05) is 38.5 Å². The van der Waals surface area contributed by atoms with E-state index in [9.17, 15) is 8.42 Å². The Morgan fingerprint density at radius 3 is 1.56 bits per heavy atom. The summed E-state index contributed by atoms with van der Waals surface area (Å²) in [5.41, 5.74) is 5.37. The van der Waals surface area contributed by atoms with Crippen LogP contribution in [-0.2, 0) is 10.1 Å². The Morgan fingerprint density at radius 2 is 1.19 bits per heavy atom. The summed E-state index contributed by atoms with van der Waals surface area (Å²) in [4.78, 5) is 0. The van der Waals surface area contributed by atoms with Crippen LogP contribution >= 0.6 is 0 Å². The molecular formula is C10H24NNaO3S. The molecule has 0 fully saturated rings. The summed E-state index contributed by atoms with van der Waals surface area (Å²) in [7, 11) is -3.74. The number of hydrogen-bond acceptors (Lipinski definition) is 3. The van der Waals surface area contributed by atoms with Gasteiger partial charge in [0.15, 0.2) is 0 Å². The van der Waals surface area contributed by atoms with Crippen molar-refractivity contribution in [1.82, 2.24) is 0 Å². The van der Waals surface area contributed by atoms with Crippen molar-refractivity contribution >= 4 is 39.7 Å². The molecule has 0 aromatic rings. The molecule has 0 aliphatic heterocycles. The minimum atomic E-state index is -3.74. The van der Waals surface area contributed by atoms with Gasteiger partial charge >= 0.3 is 29.6 Å². The molecule has 0 saturated heterocycles. The minimum absolute atomic E-state index is 0. The second-order valence-corrected chi connectivity index (χ2v) is 5.48. The van der Waals surface area contributed by atoms with E-state index < -0.39 is 10.1 Å². The maximum atomic E-state index is 10.4. The molecular weight excluding hydrogens is 237 g/mol. The van der Waals surface area contributed by atoms with Crippen LogP contribution in [0.25, 0.3) is 0 Å². The molecule has 0 atom stereocenters. The second-order valence-electron chi connectivity index (χ2n) is 3.90.